The molecule has 0 radical (unpaired) electrons. The zero-order chi connectivity index (χ0) is 12.5. The molecule has 6 heteroatoms. The van der Waals surface area contributed by atoms with Gasteiger partial charge in [-0.3, -0.25) is 4.18 Å². The van der Waals surface area contributed by atoms with E-state index in [-0.39, 0.29) is 24.4 Å². The van der Waals surface area contributed by atoms with E-state index in [4.69, 9.17) is 4.18 Å². The topological polar surface area (TPSA) is 76.0 Å². The second-order valence-electron chi connectivity index (χ2n) is 4.68. The Bertz CT molecular complexity index is 374. The summed E-state index contributed by atoms with van der Waals surface area (Å²) in [5.41, 5.74) is 0.306. The van der Waals surface area contributed by atoms with E-state index >= 15 is 0 Å². The fourth-order valence-electron chi connectivity index (χ4n) is 1.53. The van der Waals surface area contributed by atoms with Gasteiger partial charge in [0.2, 0.25) is 0 Å². The van der Waals surface area contributed by atoms with Gasteiger partial charge in [0, 0.05) is 5.92 Å². The van der Waals surface area contributed by atoms with Crippen molar-refractivity contribution in [2.45, 2.75) is 33.8 Å². The van der Waals surface area contributed by atoms with Crippen molar-refractivity contribution in [3.63, 3.8) is 0 Å². The first-order chi connectivity index (χ1) is 7.24. The smallest absolute Gasteiger partial charge is 0.380 e. The predicted octanol–water partition coefficient (Wildman–Crippen LogP) is 0.992. The van der Waals surface area contributed by atoms with Gasteiger partial charge < -0.3 is 5.11 Å². The van der Waals surface area contributed by atoms with Crippen molar-refractivity contribution in [2.24, 2.45) is 22.2 Å². The van der Waals surface area contributed by atoms with Crippen molar-refractivity contribution in [3.05, 3.63) is 0 Å². The van der Waals surface area contributed by atoms with Crippen LogP contribution in [0.3, 0.4) is 0 Å². The third-order valence-corrected chi connectivity index (χ3v) is 3.82. The summed E-state index contributed by atoms with van der Waals surface area (Å²) in [6, 6.07) is 0. The van der Waals surface area contributed by atoms with E-state index in [9.17, 15) is 13.5 Å². The Morgan fingerprint density at radius 3 is 2.50 bits per heavy atom. The predicted molar refractivity (Wildman–Crippen MR) is 61.5 cm³/mol. The van der Waals surface area contributed by atoms with Crippen LogP contribution in [0.4, 0.5) is 0 Å². The van der Waals surface area contributed by atoms with E-state index in [0.29, 0.717) is 5.71 Å². The average molecular weight is 249 g/mol. The van der Waals surface area contributed by atoms with Gasteiger partial charge in [0.1, 0.15) is 0 Å². The molecular formula is C10H19NO4S. The quantitative estimate of drug-likeness (QED) is 0.792. The van der Waals surface area contributed by atoms with Crippen molar-refractivity contribution in [1.82, 2.24) is 0 Å². The number of hydrogen-bond acceptors (Lipinski definition) is 4. The summed E-state index contributed by atoms with van der Waals surface area (Å²) in [4.78, 5) is 0. The van der Waals surface area contributed by atoms with Crippen molar-refractivity contribution in [1.29, 1.82) is 0 Å². The maximum absolute atomic E-state index is 11.4. The molecule has 1 rings (SSSR count). The summed E-state index contributed by atoms with van der Waals surface area (Å²) in [5, 5.41) is 9.95. The van der Waals surface area contributed by atoms with Crippen molar-refractivity contribution in [2.75, 3.05) is 6.61 Å². The zero-order valence-corrected chi connectivity index (χ0v) is 10.9. The van der Waals surface area contributed by atoms with Crippen LogP contribution >= 0.6 is 0 Å². The number of aliphatic hydroxyl groups excluding tert-OH is 1. The fraction of sp³-hybridized carbons (Fsp3) is 0.900. The molecule has 1 aliphatic heterocycles. The molecule has 0 aromatic rings. The standard InChI is InChI=1S/C10H19NO4S/c1-6(2)10(12)9-8(4)7(3)5-15-16(13,14)11-9/h6-8,10,12H,5H2,1-4H3/t7-,8?,10+/m1/s1. The monoisotopic (exact) mass is 249 g/mol. The highest BCUT2D eigenvalue weighted by atomic mass is 32.2. The van der Waals surface area contributed by atoms with E-state index in [0.717, 1.165) is 0 Å². The minimum Gasteiger partial charge on any atom is -0.387 e. The molecule has 16 heavy (non-hydrogen) atoms. The Hall–Kier alpha value is -0.460. The van der Waals surface area contributed by atoms with Crippen LogP contribution in [-0.2, 0) is 14.5 Å². The zero-order valence-electron chi connectivity index (χ0n) is 10.0. The van der Waals surface area contributed by atoms with Crippen LogP contribution in [0.1, 0.15) is 27.7 Å². The van der Waals surface area contributed by atoms with Crippen molar-refractivity contribution < 1.29 is 17.7 Å². The molecule has 1 N–H and O–H groups in total. The number of rotatable bonds is 2. The second-order valence-corrected chi connectivity index (χ2v) is 5.96. The maximum Gasteiger partial charge on any atom is 0.380 e. The van der Waals surface area contributed by atoms with Crippen molar-refractivity contribution in [3.8, 4) is 0 Å². The van der Waals surface area contributed by atoms with Gasteiger partial charge in [-0.15, -0.1) is 4.40 Å². The third-order valence-electron chi connectivity index (χ3n) is 2.95. The molecule has 0 fully saturated rings. The lowest BCUT2D eigenvalue weighted by molar-refractivity contribution is 0.179. The summed E-state index contributed by atoms with van der Waals surface area (Å²) in [6.45, 7) is 7.50. The Labute approximate surface area is 96.8 Å². The number of hydrogen-bond donors (Lipinski definition) is 1. The Balaban J connectivity index is 3.13. The summed E-state index contributed by atoms with van der Waals surface area (Å²) >= 11 is 0. The molecule has 5 nitrogen and oxygen atoms in total. The van der Waals surface area contributed by atoms with Gasteiger partial charge >= 0.3 is 10.3 Å². The lowest BCUT2D eigenvalue weighted by Gasteiger charge is -2.23. The minimum absolute atomic E-state index is 0.0180. The molecule has 0 aromatic carbocycles. The Kier molecular flexibility index (Phi) is 4.09. The molecule has 0 aromatic heterocycles. The summed E-state index contributed by atoms with van der Waals surface area (Å²) in [7, 11) is -3.88. The number of aliphatic hydroxyl groups is 1. The van der Waals surface area contributed by atoms with Gasteiger partial charge in [-0.05, 0) is 11.8 Å². The molecule has 0 amide bonds. The molecule has 0 bridgehead atoms. The first-order valence-corrected chi connectivity index (χ1v) is 6.78. The van der Waals surface area contributed by atoms with Gasteiger partial charge in [-0.25, -0.2) is 0 Å². The normalized spacial score (nSPS) is 32.0. The van der Waals surface area contributed by atoms with Crippen LogP contribution in [0.15, 0.2) is 4.40 Å². The van der Waals surface area contributed by atoms with Gasteiger partial charge in [-0.2, -0.15) is 8.42 Å². The summed E-state index contributed by atoms with van der Waals surface area (Å²) in [6.07, 6.45) is -0.839. The molecule has 1 aliphatic rings. The summed E-state index contributed by atoms with van der Waals surface area (Å²) in [5.74, 6) is -0.152. The summed E-state index contributed by atoms with van der Waals surface area (Å²) < 4.78 is 31.0. The number of nitrogens with zero attached hydrogens (tertiary/aromatic N) is 1. The minimum atomic E-state index is -3.88. The van der Waals surface area contributed by atoms with Crippen LogP contribution in [-0.4, -0.2) is 31.9 Å². The maximum atomic E-state index is 11.4. The highest BCUT2D eigenvalue weighted by molar-refractivity contribution is 7.85. The van der Waals surface area contributed by atoms with Crippen LogP contribution in [0.2, 0.25) is 0 Å². The van der Waals surface area contributed by atoms with Gasteiger partial charge in [0.25, 0.3) is 0 Å². The Morgan fingerprint density at radius 1 is 1.44 bits per heavy atom. The van der Waals surface area contributed by atoms with Gasteiger partial charge in [0.15, 0.2) is 0 Å². The van der Waals surface area contributed by atoms with Crippen LogP contribution in [0.5, 0.6) is 0 Å². The molecule has 0 spiro atoms. The molecule has 1 heterocycles. The van der Waals surface area contributed by atoms with Crippen LogP contribution in [0.25, 0.3) is 0 Å². The largest absolute Gasteiger partial charge is 0.387 e. The lowest BCUT2D eigenvalue weighted by atomic mass is 9.86. The average Bonchev–Trinajstić information content (AvgIpc) is 2.28. The lowest BCUT2D eigenvalue weighted by Crippen LogP contribution is -2.34. The molecular weight excluding hydrogens is 230 g/mol. The first kappa shape index (κ1) is 13.6. The van der Waals surface area contributed by atoms with Crippen molar-refractivity contribution >= 4 is 16.0 Å². The first-order valence-electron chi connectivity index (χ1n) is 5.41. The van der Waals surface area contributed by atoms with E-state index in [2.05, 4.69) is 4.40 Å². The van der Waals surface area contributed by atoms with E-state index in [1.165, 1.54) is 0 Å². The fourth-order valence-corrected chi connectivity index (χ4v) is 2.50. The molecule has 3 atom stereocenters. The van der Waals surface area contributed by atoms with Gasteiger partial charge in [-0.1, -0.05) is 27.7 Å². The van der Waals surface area contributed by atoms with E-state index < -0.39 is 16.4 Å². The van der Waals surface area contributed by atoms with E-state index in [1.54, 1.807) is 0 Å². The van der Waals surface area contributed by atoms with Gasteiger partial charge in [0.05, 0.1) is 18.4 Å². The van der Waals surface area contributed by atoms with E-state index in [1.807, 2.05) is 27.7 Å². The highest BCUT2D eigenvalue weighted by Crippen LogP contribution is 2.23. The van der Waals surface area contributed by atoms with Crippen LogP contribution in [0, 0.1) is 17.8 Å². The molecule has 1 unspecified atom stereocenters. The second kappa shape index (κ2) is 4.81. The highest BCUT2D eigenvalue weighted by Gasteiger charge is 2.32. The van der Waals surface area contributed by atoms with Crippen LogP contribution < -0.4 is 0 Å². The third kappa shape index (κ3) is 3.02. The molecule has 94 valence electrons. The molecule has 0 aliphatic carbocycles. The SMILES string of the molecule is CC1C([C@@H](O)C(C)C)=NS(=O)(=O)OC[C@H]1C. The molecule has 0 saturated carbocycles. The Morgan fingerprint density at radius 2 is 2.00 bits per heavy atom. The molecule has 0 saturated heterocycles.